The monoisotopic (exact) mass is 244 g/mol. The van der Waals surface area contributed by atoms with Crippen LogP contribution in [0.1, 0.15) is 48.0 Å². The first-order valence-electron chi connectivity index (χ1n) is 6.88. The predicted octanol–water partition coefficient (Wildman–Crippen LogP) is 2.09. The highest BCUT2D eigenvalue weighted by Crippen LogP contribution is 2.23. The second-order valence-corrected chi connectivity index (χ2v) is 6.24. The van der Waals surface area contributed by atoms with E-state index in [0.717, 1.165) is 13.1 Å². The maximum atomic E-state index is 9.63. The number of aliphatic hydroxyl groups excluding tert-OH is 1. The van der Waals surface area contributed by atoms with Crippen LogP contribution < -0.4 is 5.73 Å². The predicted molar refractivity (Wildman–Crippen MR) is 75.0 cm³/mol. The smallest absolute Gasteiger partial charge is 0.0602 e. The van der Waals surface area contributed by atoms with Crippen molar-refractivity contribution < 1.29 is 5.11 Å². The Morgan fingerprint density at radius 1 is 1.24 bits per heavy atom. The lowest BCUT2D eigenvalue weighted by Gasteiger charge is -2.40. The van der Waals surface area contributed by atoms with Gasteiger partial charge in [0.2, 0.25) is 0 Å². The summed E-state index contributed by atoms with van der Waals surface area (Å²) in [5, 5.41) is 9.63. The molecule has 0 saturated heterocycles. The Balaban J connectivity index is 4.69. The van der Waals surface area contributed by atoms with Crippen LogP contribution in [0.4, 0.5) is 0 Å². The zero-order chi connectivity index (χ0) is 13.6. The van der Waals surface area contributed by atoms with Crippen molar-refractivity contribution in [2.24, 2.45) is 17.1 Å². The first kappa shape index (κ1) is 16.9. The van der Waals surface area contributed by atoms with E-state index in [1.165, 1.54) is 6.42 Å². The van der Waals surface area contributed by atoms with Crippen molar-refractivity contribution in [3.8, 4) is 0 Å². The Bertz CT molecular complexity index is 201. The Kier molecular flexibility index (Phi) is 7.29. The summed E-state index contributed by atoms with van der Waals surface area (Å²) in [6.07, 6.45) is 1.17. The van der Waals surface area contributed by atoms with E-state index in [2.05, 4.69) is 46.4 Å². The van der Waals surface area contributed by atoms with Gasteiger partial charge in [-0.2, -0.15) is 0 Å². The SMILES string of the molecule is CCC(C)CN(CC)C(CO)C(N)C(C)(C)C. The summed E-state index contributed by atoms with van der Waals surface area (Å²) in [6.45, 7) is 15.1. The summed E-state index contributed by atoms with van der Waals surface area (Å²) in [6, 6.07) is 0.0607. The van der Waals surface area contributed by atoms with Crippen molar-refractivity contribution in [1.29, 1.82) is 0 Å². The molecule has 3 unspecified atom stereocenters. The maximum Gasteiger partial charge on any atom is 0.0602 e. The fraction of sp³-hybridized carbons (Fsp3) is 1.00. The summed E-state index contributed by atoms with van der Waals surface area (Å²) in [4.78, 5) is 2.32. The molecule has 0 radical (unpaired) electrons. The largest absolute Gasteiger partial charge is 0.395 e. The molecule has 0 aromatic carbocycles. The topological polar surface area (TPSA) is 49.5 Å². The van der Waals surface area contributed by atoms with E-state index in [-0.39, 0.29) is 24.1 Å². The maximum absolute atomic E-state index is 9.63. The van der Waals surface area contributed by atoms with Crippen molar-refractivity contribution in [2.45, 2.75) is 60.0 Å². The lowest BCUT2D eigenvalue weighted by Crippen LogP contribution is -2.56. The van der Waals surface area contributed by atoms with Crippen LogP contribution in [0.2, 0.25) is 0 Å². The van der Waals surface area contributed by atoms with Gasteiger partial charge in [-0.1, -0.05) is 48.0 Å². The Morgan fingerprint density at radius 3 is 2.06 bits per heavy atom. The molecular formula is C14H32N2O. The van der Waals surface area contributed by atoms with E-state index in [9.17, 15) is 5.11 Å². The number of nitrogens with two attached hydrogens (primary N) is 1. The Morgan fingerprint density at radius 2 is 1.76 bits per heavy atom. The highest BCUT2D eigenvalue weighted by Gasteiger charge is 2.32. The van der Waals surface area contributed by atoms with Gasteiger partial charge in [-0.15, -0.1) is 0 Å². The quantitative estimate of drug-likeness (QED) is 0.721. The molecule has 3 N–H and O–H groups in total. The Hall–Kier alpha value is -0.120. The number of hydrogen-bond acceptors (Lipinski definition) is 3. The van der Waals surface area contributed by atoms with Crippen LogP contribution in [-0.4, -0.2) is 41.8 Å². The molecular weight excluding hydrogens is 212 g/mol. The molecule has 0 heterocycles. The van der Waals surface area contributed by atoms with Crippen molar-refractivity contribution in [3.63, 3.8) is 0 Å². The molecule has 17 heavy (non-hydrogen) atoms. The zero-order valence-electron chi connectivity index (χ0n) is 12.5. The van der Waals surface area contributed by atoms with Crippen molar-refractivity contribution in [2.75, 3.05) is 19.7 Å². The van der Waals surface area contributed by atoms with Crippen LogP contribution in [0.15, 0.2) is 0 Å². The van der Waals surface area contributed by atoms with Gasteiger partial charge in [-0.3, -0.25) is 4.90 Å². The van der Waals surface area contributed by atoms with Gasteiger partial charge >= 0.3 is 0 Å². The molecule has 0 aliphatic rings. The Labute approximate surface area is 107 Å². The van der Waals surface area contributed by atoms with Crippen LogP contribution >= 0.6 is 0 Å². The molecule has 3 atom stereocenters. The van der Waals surface area contributed by atoms with E-state index in [0.29, 0.717) is 5.92 Å². The van der Waals surface area contributed by atoms with Gasteiger partial charge in [0.15, 0.2) is 0 Å². The minimum absolute atomic E-state index is 0.00324. The van der Waals surface area contributed by atoms with Gasteiger partial charge in [-0.25, -0.2) is 0 Å². The van der Waals surface area contributed by atoms with Gasteiger partial charge in [0.1, 0.15) is 0 Å². The minimum Gasteiger partial charge on any atom is -0.395 e. The third-order valence-corrected chi connectivity index (χ3v) is 3.72. The number of nitrogens with zero attached hydrogens (tertiary/aromatic N) is 1. The van der Waals surface area contributed by atoms with E-state index in [1.54, 1.807) is 0 Å². The molecule has 0 spiro atoms. The highest BCUT2D eigenvalue weighted by atomic mass is 16.3. The number of aliphatic hydroxyl groups is 1. The summed E-state index contributed by atoms with van der Waals surface area (Å²) < 4.78 is 0. The summed E-state index contributed by atoms with van der Waals surface area (Å²) >= 11 is 0. The van der Waals surface area contributed by atoms with Gasteiger partial charge in [0.25, 0.3) is 0 Å². The first-order valence-corrected chi connectivity index (χ1v) is 6.88. The molecule has 3 nitrogen and oxygen atoms in total. The zero-order valence-corrected chi connectivity index (χ0v) is 12.5. The molecule has 0 aliphatic carbocycles. The minimum atomic E-state index is -0.00324. The lowest BCUT2D eigenvalue weighted by atomic mass is 9.82. The van der Waals surface area contributed by atoms with Crippen LogP contribution in [0.3, 0.4) is 0 Å². The molecule has 0 aromatic rings. The standard InChI is InChI=1S/C14H32N2O/c1-7-11(3)9-16(8-2)12(10-17)13(15)14(4,5)6/h11-13,17H,7-10,15H2,1-6H3. The normalized spacial score (nSPS) is 18.2. The average Bonchev–Trinajstić information content (AvgIpc) is 2.26. The average molecular weight is 244 g/mol. The van der Waals surface area contributed by atoms with Gasteiger partial charge in [0, 0.05) is 18.6 Å². The number of likely N-dealkylation sites (N-methyl/N-ethyl adjacent to an activating group) is 1. The summed E-state index contributed by atoms with van der Waals surface area (Å²) in [5.41, 5.74) is 6.32. The van der Waals surface area contributed by atoms with Crippen LogP contribution in [0.25, 0.3) is 0 Å². The second-order valence-electron chi connectivity index (χ2n) is 6.24. The number of hydrogen-bond donors (Lipinski definition) is 2. The van der Waals surface area contributed by atoms with Crippen LogP contribution in [-0.2, 0) is 0 Å². The third kappa shape index (κ3) is 5.36. The summed E-state index contributed by atoms with van der Waals surface area (Å²) in [5.74, 6) is 0.649. The first-order chi connectivity index (χ1) is 7.77. The van der Waals surface area contributed by atoms with Crippen molar-refractivity contribution >= 4 is 0 Å². The van der Waals surface area contributed by atoms with Crippen molar-refractivity contribution in [1.82, 2.24) is 4.90 Å². The van der Waals surface area contributed by atoms with E-state index >= 15 is 0 Å². The number of rotatable bonds is 7. The molecule has 104 valence electrons. The third-order valence-electron chi connectivity index (χ3n) is 3.72. The van der Waals surface area contributed by atoms with Crippen molar-refractivity contribution in [3.05, 3.63) is 0 Å². The second kappa shape index (κ2) is 7.34. The van der Waals surface area contributed by atoms with E-state index < -0.39 is 0 Å². The van der Waals surface area contributed by atoms with Crippen LogP contribution in [0.5, 0.6) is 0 Å². The molecule has 0 rings (SSSR count). The lowest BCUT2D eigenvalue weighted by molar-refractivity contribution is 0.0644. The highest BCUT2D eigenvalue weighted by molar-refractivity contribution is 4.89. The molecule has 3 heteroatoms. The summed E-state index contributed by atoms with van der Waals surface area (Å²) in [7, 11) is 0. The molecule has 0 amide bonds. The van der Waals surface area contributed by atoms with Gasteiger partial charge in [-0.05, 0) is 17.9 Å². The van der Waals surface area contributed by atoms with E-state index in [1.807, 2.05) is 0 Å². The van der Waals surface area contributed by atoms with Gasteiger partial charge in [0.05, 0.1) is 6.61 Å². The molecule has 0 aromatic heterocycles. The fourth-order valence-electron chi connectivity index (χ4n) is 2.06. The molecule has 0 bridgehead atoms. The van der Waals surface area contributed by atoms with Gasteiger partial charge < -0.3 is 10.8 Å². The molecule has 0 fully saturated rings. The molecule has 0 aliphatic heterocycles. The van der Waals surface area contributed by atoms with Crippen LogP contribution in [0, 0.1) is 11.3 Å². The molecule has 0 saturated carbocycles. The van der Waals surface area contributed by atoms with E-state index in [4.69, 9.17) is 5.73 Å². The fourth-order valence-corrected chi connectivity index (χ4v) is 2.06.